The van der Waals surface area contributed by atoms with Crippen molar-refractivity contribution in [3.63, 3.8) is 0 Å². The van der Waals surface area contributed by atoms with Gasteiger partial charge in [-0.2, -0.15) is 4.31 Å². The zero-order valence-corrected chi connectivity index (χ0v) is 18.4. The Morgan fingerprint density at radius 1 is 0.969 bits per heavy atom. The molecule has 0 radical (unpaired) electrons. The summed E-state index contributed by atoms with van der Waals surface area (Å²) >= 11 is 0. The van der Waals surface area contributed by atoms with Crippen molar-refractivity contribution in [2.24, 2.45) is 0 Å². The predicted molar refractivity (Wildman–Crippen MR) is 118 cm³/mol. The minimum Gasteiger partial charge on any atom is -0.377 e. The van der Waals surface area contributed by atoms with Crippen molar-refractivity contribution in [3.8, 4) is 0 Å². The van der Waals surface area contributed by atoms with Gasteiger partial charge in [0.05, 0.1) is 24.0 Å². The molecule has 32 heavy (non-hydrogen) atoms. The molecule has 2 aromatic carbocycles. The van der Waals surface area contributed by atoms with E-state index in [1.54, 1.807) is 12.1 Å². The van der Waals surface area contributed by atoms with E-state index in [9.17, 15) is 18.0 Å². The Labute approximate surface area is 187 Å². The number of amides is 2. The largest absolute Gasteiger partial charge is 0.377 e. The van der Waals surface area contributed by atoms with Gasteiger partial charge >= 0.3 is 0 Å². The summed E-state index contributed by atoms with van der Waals surface area (Å²) in [6.45, 7) is 1.83. The SMILES string of the molecule is O=C1CCC(c2ccc3c(c2)CN(S(=O)(=O)c2ccc(C4=CCOCC4)cc2)C3)C(=O)N1. The van der Waals surface area contributed by atoms with Crippen LogP contribution in [0.5, 0.6) is 0 Å². The fourth-order valence-electron chi connectivity index (χ4n) is 4.56. The fourth-order valence-corrected chi connectivity index (χ4v) is 5.96. The van der Waals surface area contributed by atoms with Gasteiger partial charge in [0.15, 0.2) is 0 Å². The summed E-state index contributed by atoms with van der Waals surface area (Å²) in [4.78, 5) is 23.9. The molecule has 1 atom stereocenters. The molecule has 166 valence electrons. The number of ether oxygens (including phenoxy) is 1. The molecule has 3 aliphatic rings. The summed E-state index contributed by atoms with van der Waals surface area (Å²) in [6.07, 6.45) is 3.64. The number of rotatable bonds is 4. The molecule has 8 heteroatoms. The molecule has 2 amide bonds. The van der Waals surface area contributed by atoms with Crippen LogP contribution in [0, 0.1) is 0 Å². The Kier molecular flexibility index (Phi) is 5.44. The number of nitrogens with zero attached hydrogens (tertiary/aromatic N) is 1. The summed E-state index contributed by atoms with van der Waals surface area (Å²) in [6, 6.07) is 12.7. The van der Waals surface area contributed by atoms with E-state index in [4.69, 9.17) is 4.74 Å². The van der Waals surface area contributed by atoms with Crippen LogP contribution in [0.4, 0.5) is 0 Å². The monoisotopic (exact) mass is 452 g/mol. The molecule has 1 saturated heterocycles. The maximum absolute atomic E-state index is 13.3. The highest BCUT2D eigenvalue weighted by Gasteiger charge is 2.33. The zero-order chi connectivity index (χ0) is 22.3. The van der Waals surface area contributed by atoms with E-state index >= 15 is 0 Å². The number of nitrogens with one attached hydrogen (secondary N) is 1. The van der Waals surface area contributed by atoms with Crippen LogP contribution in [-0.2, 0) is 37.4 Å². The van der Waals surface area contributed by atoms with Gasteiger partial charge in [0, 0.05) is 19.5 Å². The molecular weight excluding hydrogens is 428 g/mol. The lowest BCUT2D eigenvalue weighted by Gasteiger charge is -2.21. The van der Waals surface area contributed by atoms with Crippen molar-refractivity contribution in [2.75, 3.05) is 13.2 Å². The number of piperidine rings is 1. The van der Waals surface area contributed by atoms with Crippen molar-refractivity contribution in [1.82, 2.24) is 9.62 Å². The van der Waals surface area contributed by atoms with E-state index in [0.29, 0.717) is 32.6 Å². The first kappa shape index (κ1) is 21.1. The molecule has 7 nitrogen and oxygen atoms in total. The van der Waals surface area contributed by atoms with Crippen LogP contribution in [0.15, 0.2) is 53.4 Å². The first-order valence-corrected chi connectivity index (χ1v) is 12.2. The van der Waals surface area contributed by atoms with Crippen LogP contribution >= 0.6 is 0 Å². The second-order valence-corrected chi connectivity index (χ2v) is 10.3. The molecule has 2 aromatic rings. The maximum Gasteiger partial charge on any atom is 0.243 e. The highest BCUT2D eigenvalue weighted by Crippen LogP contribution is 2.33. The van der Waals surface area contributed by atoms with Crippen LogP contribution in [0.3, 0.4) is 0 Å². The first-order valence-electron chi connectivity index (χ1n) is 10.7. The summed E-state index contributed by atoms with van der Waals surface area (Å²) < 4.78 is 33.3. The highest BCUT2D eigenvalue weighted by atomic mass is 32.2. The summed E-state index contributed by atoms with van der Waals surface area (Å²) in [5.41, 5.74) is 4.86. The van der Waals surface area contributed by atoms with Gasteiger partial charge < -0.3 is 4.74 Å². The lowest BCUT2D eigenvalue weighted by Crippen LogP contribution is -2.39. The molecule has 5 rings (SSSR count). The smallest absolute Gasteiger partial charge is 0.243 e. The molecule has 0 aliphatic carbocycles. The molecule has 1 N–H and O–H groups in total. The molecule has 0 bridgehead atoms. The number of hydrogen-bond acceptors (Lipinski definition) is 5. The number of fused-ring (bicyclic) bond motifs is 1. The van der Waals surface area contributed by atoms with Gasteiger partial charge in [-0.3, -0.25) is 14.9 Å². The number of sulfonamides is 1. The van der Waals surface area contributed by atoms with Gasteiger partial charge in [-0.15, -0.1) is 0 Å². The van der Waals surface area contributed by atoms with Gasteiger partial charge in [0.2, 0.25) is 21.8 Å². The second-order valence-electron chi connectivity index (χ2n) is 8.38. The fraction of sp³-hybridized carbons (Fsp3) is 0.333. The highest BCUT2D eigenvalue weighted by molar-refractivity contribution is 7.89. The first-order chi connectivity index (χ1) is 15.4. The van der Waals surface area contributed by atoms with E-state index in [2.05, 4.69) is 5.32 Å². The Bertz CT molecular complexity index is 1220. The average molecular weight is 453 g/mol. The van der Waals surface area contributed by atoms with Crippen LogP contribution in [0.25, 0.3) is 5.57 Å². The third-order valence-corrected chi connectivity index (χ3v) is 8.20. The van der Waals surface area contributed by atoms with Crippen LogP contribution in [-0.4, -0.2) is 37.8 Å². The molecule has 0 saturated carbocycles. The van der Waals surface area contributed by atoms with Crippen LogP contribution < -0.4 is 5.32 Å². The van der Waals surface area contributed by atoms with Crippen molar-refractivity contribution in [3.05, 3.63) is 70.8 Å². The van der Waals surface area contributed by atoms with Crippen molar-refractivity contribution in [1.29, 1.82) is 0 Å². The topological polar surface area (TPSA) is 92.8 Å². The Balaban J connectivity index is 1.34. The minimum atomic E-state index is -3.64. The normalized spacial score (nSPS) is 21.8. The minimum absolute atomic E-state index is 0.246. The van der Waals surface area contributed by atoms with Crippen LogP contribution in [0.1, 0.15) is 47.4 Å². The Morgan fingerprint density at radius 3 is 2.47 bits per heavy atom. The second kappa shape index (κ2) is 8.27. The van der Waals surface area contributed by atoms with E-state index in [1.165, 1.54) is 9.88 Å². The zero-order valence-electron chi connectivity index (χ0n) is 17.5. The van der Waals surface area contributed by atoms with E-state index in [0.717, 1.165) is 28.7 Å². The van der Waals surface area contributed by atoms with Gasteiger partial charge in [0.1, 0.15) is 0 Å². The number of carbonyl (C=O) groups excluding carboxylic acids is 2. The average Bonchev–Trinajstić information content (AvgIpc) is 3.24. The van der Waals surface area contributed by atoms with Crippen molar-refractivity contribution in [2.45, 2.75) is 43.2 Å². The maximum atomic E-state index is 13.3. The lowest BCUT2D eigenvalue weighted by molar-refractivity contribution is -0.134. The Morgan fingerprint density at radius 2 is 1.75 bits per heavy atom. The Hall–Kier alpha value is -2.81. The van der Waals surface area contributed by atoms with E-state index in [-0.39, 0.29) is 29.2 Å². The van der Waals surface area contributed by atoms with Gasteiger partial charge in [0.25, 0.3) is 0 Å². The lowest BCUT2D eigenvalue weighted by atomic mass is 9.89. The van der Waals surface area contributed by atoms with E-state index in [1.807, 2.05) is 36.4 Å². The third-order valence-electron chi connectivity index (χ3n) is 6.39. The van der Waals surface area contributed by atoms with Crippen molar-refractivity contribution >= 4 is 27.4 Å². The molecule has 1 unspecified atom stereocenters. The summed E-state index contributed by atoms with van der Waals surface area (Å²) in [5.74, 6) is -0.914. The molecular formula is C24H24N2O5S. The predicted octanol–water partition coefficient (Wildman–Crippen LogP) is 2.72. The van der Waals surface area contributed by atoms with Gasteiger partial charge in [-0.1, -0.05) is 36.4 Å². The molecule has 0 aromatic heterocycles. The van der Waals surface area contributed by atoms with Crippen molar-refractivity contribution < 1.29 is 22.7 Å². The quantitative estimate of drug-likeness (QED) is 0.720. The van der Waals surface area contributed by atoms with Crippen LogP contribution in [0.2, 0.25) is 0 Å². The van der Waals surface area contributed by atoms with Gasteiger partial charge in [-0.05, 0) is 52.8 Å². The standard InChI is InChI=1S/C24H24N2O5S/c27-23-8-7-22(24(28)25-23)18-1-2-19-14-26(15-20(19)13-18)32(29,30)21-5-3-16(4-6-21)17-9-11-31-12-10-17/h1-6,9,13,22H,7-8,10-12,14-15H2,(H,25,27,28). The number of benzene rings is 2. The molecule has 3 heterocycles. The molecule has 0 spiro atoms. The van der Waals surface area contributed by atoms with Gasteiger partial charge in [-0.25, -0.2) is 8.42 Å². The summed E-state index contributed by atoms with van der Waals surface area (Å²) in [7, 11) is -3.64. The van der Waals surface area contributed by atoms with E-state index < -0.39 is 10.0 Å². The third kappa shape index (κ3) is 3.90. The number of imide groups is 1. The number of carbonyl (C=O) groups is 2. The summed E-state index contributed by atoms with van der Waals surface area (Å²) in [5, 5.41) is 2.38. The number of hydrogen-bond donors (Lipinski definition) is 1. The molecule has 1 fully saturated rings. The molecule has 3 aliphatic heterocycles.